The van der Waals surface area contributed by atoms with Crippen LogP contribution in [0.1, 0.15) is 21.5 Å². The maximum absolute atomic E-state index is 12.1. The second kappa shape index (κ2) is 9.32. The van der Waals surface area contributed by atoms with E-state index in [1.165, 1.54) is 19.3 Å². The van der Waals surface area contributed by atoms with Crippen molar-refractivity contribution in [2.75, 3.05) is 12.4 Å². The first kappa shape index (κ1) is 19.2. The van der Waals surface area contributed by atoms with Crippen molar-refractivity contribution in [2.45, 2.75) is 6.92 Å². The number of amides is 1. The van der Waals surface area contributed by atoms with Crippen LogP contribution in [0.3, 0.4) is 0 Å². The zero-order chi connectivity index (χ0) is 18.1. The zero-order valence-corrected chi connectivity index (χ0v) is 14.4. The summed E-state index contributed by atoms with van der Waals surface area (Å²) in [6.07, 6.45) is 9.85. The molecular formula is C18H19NO4S. The summed E-state index contributed by atoms with van der Waals surface area (Å²) < 4.78 is 4.95. The molecule has 126 valence electrons. The average molecular weight is 345 g/mol. The SMILES string of the molecule is C=C/C=C\C(=C/C)c1cc(NC(=O)/C(=C/C=C)OC)c(C(=O)O)s1. The molecule has 1 rings (SSSR count). The normalized spacial score (nSPS) is 12.1. The molecule has 0 saturated heterocycles. The molecule has 1 amide bonds. The summed E-state index contributed by atoms with van der Waals surface area (Å²) in [5.41, 5.74) is 1.04. The largest absolute Gasteiger partial charge is 0.491 e. The Bertz CT molecular complexity index is 738. The first-order valence-corrected chi connectivity index (χ1v) is 7.81. The number of rotatable bonds is 8. The number of carbonyl (C=O) groups excluding carboxylic acids is 1. The third-order valence-corrected chi connectivity index (χ3v) is 4.07. The monoisotopic (exact) mass is 345 g/mol. The van der Waals surface area contributed by atoms with Gasteiger partial charge in [-0.05, 0) is 24.6 Å². The highest BCUT2D eigenvalue weighted by atomic mass is 32.1. The van der Waals surface area contributed by atoms with Crippen molar-refractivity contribution < 1.29 is 19.4 Å². The van der Waals surface area contributed by atoms with E-state index >= 15 is 0 Å². The number of thiophene rings is 1. The second-order valence-corrected chi connectivity index (χ2v) is 5.47. The van der Waals surface area contributed by atoms with Crippen LogP contribution in [-0.4, -0.2) is 24.1 Å². The van der Waals surface area contributed by atoms with E-state index in [9.17, 15) is 14.7 Å². The van der Waals surface area contributed by atoms with Crippen LogP contribution in [0.25, 0.3) is 5.57 Å². The molecule has 0 atom stereocenters. The van der Waals surface area contributed by atoms with Crippen LogP contribution in [0, 0.1) is 0 Å². The number of anilines is 1. The van der Waals surface area contributed by atoms with Crippen molar-refractivity contribution in [2.24, 2.45) is 0 Å². The van der Waals surface area contributed by atoms with Crippen molar-refractivity contribution in [1.29, 1.82) is 0 Å². The number of allylic oxidation sites excluding steroid dienone is 7. The van der Waals surface area contributed by atoms with Crippen LogP contribution in [0.2, 0.25) is 0 Å². The van der Waals surface area contributed by atoms with Crippen LogP contribution >= 0.6 is 11.3 Å². The van der Waals surface area contributed by atoms with Crippen molar-refractivity contribution >= 4 is 34.5 Å². The molecule has 5 nitrogen and oxygen atoms in total. The molecule has 0 unspecified atom stereocenters. The molecule has 1 heterocycles. The van der Waals surface area contributed by atoms with Gasteiger partial charge < -0.3 is 15.2 Å². The topological polar surface area (TPSA) is 75.6 Å². The standard InChI is InChI=1S/C18H19NO4S/c1-5-8-10-12(7-3)15-11-13(16(24-15)18(21)22)19-17(20)14(23-4)9-6-2/h5-11H,1-2H2,3-4H3,(H,19,20)(H,21,22)/b10-8-,12-7+,14-9-. The molecule has 0 aromatic carbocycles. The van der Waals surface area contributed by atoms with Crippen LogP contribution in [-0.2, 0) is 9.53 Å². The Morgan fingerprint density at radius 3 is 2.54 bits per heavy atom. The summed E-state index contributed by atoms with van der Waals surface area (Å²) in [7, 11) is 1.35. The first-order chi connectivity index (χ1) is 11.5. The van der Waals surface area contributed by atoms with Crippen molar-refractivity contribution in [3.63, 3.8) is 0 Å². The smallest absolute Gasteiger partial charge is 0.348 e. The number of ether oxygens (including phenoxy) is 1. The summed E-state index contributed by atoms with van der Waals surface area (Å²) in [5.74, 6) is -1.63. The quantitative estimate of drug-likeness (QED) is 0.420. The Kier molecular flexibility index (Phi) is 7.45. The van der Waals surface area contributed by atoms with Gasteiger partial charge in [-0.1, -0.05) is 43.5 Å². The molecule has 0 bridgehead atoms. The Morgan fingerprint density at radius 1 is 1.33 bits per heavy atom. The molecule has 0 fully saturated rings. The van der Waals surface area contributed by atoms with Gasteiger partial charge >= 0.3 is 5.97 Å². The van der Waals surface area contributed by atoms with Crippen molar-refractivity contribution in [3.05, 3.63) is 71.2 Å². The molecule has 0 spiro atoms. The predicted octanol–water partition coefficient (Wildman–Crippen LogP) is 4.25. The summed E-state index contributed by atoms with van der Waals surface area (Å²) >= 11 is 1.08. The van der Waals surface area contributed by atoms with E-state index in [-0.39, 0.29) is 16.3 Å². The highest BCUT2D eigenvalue weighted by Crippen LogP contribution is 2.33. The summed E-state index contributed by atoms with van der Waals surface area (Å²) in [4.78, 5) is 24.4. The average Bonchev–Trinajstić information content (AvgIpc) is 2.97. The number of nitrogens with one attached hydrogen (secondary N) is 1. The third-order valence-electron chi connectivity index (χ3n) is 2.89. The van der Waals surface area contributed by atoms with Gasteiger partial charge in [0, 0.05) is 4.88 Å². The van der Waals surface area contributed by atoms with Crippen LogP contribution in [0.5, 0.6) is 0 Å². The molecule has 1 aromatic rings. The highest BCUT2D eigenvalue weighted by Gasteiger charge is 2.20. The summed E-state index contributed by atoms with van der Waals surface area (Å²) in [5, 5.41) is 11.9. The lowest BCUT2D eigenvalue weighted by molar-refractivity contribution is -0.115. The van der Waals surface area contributed by atoms with E-state index in [2.05, 4.69) is 18.5 Å². The van der Waals surface area contributed by atoms with E-state index < -0.39 is 11.9 Å². The van der Waals surface area contributed by atoms with Crippen LogP contribution in [0.4, 0.5) is 5.69 Å². The molecule has 0 aliphatic carbocycles. The lowest BCUT2D eigenvalue weighted by atomic mass is 10.2. The molecule has 0 aliphatic rings. The number of hydrogen-bond donors (Lipinski definition) is 2. The Balaban J connectivity index is 3.24. The fourth-order valence-electron chi connectivity index (χ4n) is 1.80. The first-order valence-electron chi connectivity index (χ1n) is 6.99. The maximum Gasteiger partial charge on any atom is 0.348 e. The molecule has 0 saturated carbocycles. The summed E-state index contributed by atoms with van der Waals surface area (Å²) in [6, 6.07) is 1.62. The van der Waals surface area contributed by atoms with E-state index in [0.717, 1.165) is 21.8 Å². The molecular weight excluding hydrogens is 326 g/mol. The van der Waals surface area contributed by atoms with E-state index in [1.54, 1.807) is 18.2 Å². The number of carbonyl (C=O) groups is 2. The number of hydrogen-bond acceptors (Lipinski definition) is 4. The highest BCUT2D eigenvalue weighted by molar-refractivity contribution is 7.15. The number of carboxylic acid groups (broad SMARTS) is 1. The zero-order valence-electron chi connectivity index (χ0n) is 13.5. The third kappa shape index (κ3) is 4.82. The van der Waals surface area contributed by atoms with Gasteiger partial charge in [0.1, 0.15) is 4.88 Å². The predicted molar refractivity (Wildman–Crippen MR) is 98.2 cm³/mol. The summed E-state index contributed by atoms with van der Waals surface area (Å²) in [6.45, 7) is 8.95. The fourth-order valence-corrected chi connectivity index (χ4v) is 2.81. The molecule has 1 aromatic heterocycles. The van der Waals surface area contributed by atoms with Gasteiger partial charge in [0.15, 0.2) is 5.76 Å². The van der Waals surface area contributed by atoms with E-state index in [1.807, 2.05) is 19.1 Å². The number of carboxylic acids is 1. The molecule has 6 heteroatoms. The molecule has 0 aliphatic heterocycles. The Morgan fingerprint density at radius 2 is 2.04 bits per heavy atom. The van der Waals surface area contributed by atoms with E-state index in [0.29, 0.717) is 0 Å². The van der Waals surface area contributed by atoms with Crippen LogP contribution < -0.4 is 5.32 Å². The fraction of sp³-hybridized carbons (Fsp3) is 0.111. The number of aromatic carboxylic acids is 1. The molecule has 24 heavy (non-hydrogen) atoms. The number of methoxy groups -OCH3 is 1. The second-order valence-electron chi connectivity index (χ2n) is 4.42. The Hall–Kier alpha value is -2.86. The molecule has 2 N–H and O–H groups in total. The minimum atomic E-state index is -1.11. The van der Waals surface area contributed by atoms with Gasteiger partial charge in [-0.25, -0.2) is 4.79 Å². The van der Waals surface area contributed by atoms with Crippen LogP contribution in [0.15, 0.2) is 61.4 Å². The van der Waals surface area contributed by atoms with E-state index in [4.69, 9.17) is 4.74 Å². The van der Waals surface area contributed by atoms with Gasteiger partial charge in [0.2, 0.25) is 0 Å². The Labute approximate surface area is 145 Å². The molecule has 0 radical (unpaired) electrons. The van der Waals surface area contributed by atoms with Gasteiger partial charge in [-0.3, -0.25) is 4.79 Å². The lowest BCUT2D eigenvalue weighted by Crippen LogP contribution is -2.16. The maximum atomic E-state index is 12.1. The lowest BCUT2D eigenvalue weighted by Gasteiger charge is -2.06. The van der Waals surface area contributed by atoms with Crippen molar-refractivity contribution in [3.8, 4) is 0 Å². The van der Waals surface area contributed by atoms with Gasteiger partial charge in [-0.15, -0.1) is 11.3 Å². The van der Waals surface area contributed by atoms with Gasteiger partial charge in [-0.2, -0.15) is 0 Å². The minimum absolute atomic E-state index is 0.0342. The van der Waals surface area contributed by atoms with Crippen molar-refractivity contribution in [1.82, 2.24) is 0 Å². The minimum Gasteiger partial charge on any atom is -0.491 e. The van der Waals surface area contributed by atoms with Gasteiger partial charge in [0.25, 0.3) is 5.91 Å². The van der Waals surface area contributed by atoms with Gasteiger partial charge in [0.05, 0.1) is 12.8 Å².